The zero-order valence-corrected chi connectivity index (χ0v) is 13.9. The molecule has 1 aromatic rings. The highest BCUT2D eigenvalue weighted by Gasteiger charge is 2.27. The number of aryl methyl sites for hydroxylation is 1. The van der Waals surface area contributed by atoms with E-state index in [-0.39, 0.29) is 12.1 Å². The van der Waals surface area contributed by atoms with E-state index >= 15 is 0 Å². The summed E-state index contributed by atoms with van der Waals surface area (Å²) in [6.07, 6.45) is 5.25. The first-order chi connectivity index (χ1) is 10.3. The third-order valence-corrected chi connectivity index (χ3v) is 3.74. The Hall–Kier alpha value is -1.63. The lowest BCUT2D eigenvalue weighted by molar-refractivity contribution is 0.0505. The maximum Gasteiger partial charge on any atom is 0.407 e. The van der Waals surface area contributed by atoms with E-state index in [4.69, 9.17) is 4.74 Å². The highest BCUT2D eigenvalue weighted by Crippen LogP contribution is 2.19. The molecule has 1 aromatic heterocycles. The lowest BCUT2D eigenvalue weighted by atomic mass is 10.2. The van der Waals surface area contributed by atoms with E-state index in [2.05, 4.69) is 20.8 Å². The van der Waals surface area contributed by atoms with Crippen LogP contribution in [-0.4, -0.2) is 45.1 Å². The van der Waals surface area contributed by atoms with Gasteiger partial charge in [-0.3, -0.25) is 0 Å². The molecule has 0 bridgehead atoms. The van der Waals surface area contributed by atoms with Crippen molar-refractivity contribution in [1.82, 2.24) is 25.4 Å². The molecular weight excluding hydrogens is 282 g/mol. The van der Waals surface area contributed by atoms with Crippen LogP contribution in [0.5, 0.6) is 0 Å². The molecule has 0 aliphatic heterocycles. The predicted molar refractivity (Wildman–Crippen MR) is 83.5 cm³/mol. The van der Waals surface area contributed by atoms with Crippen molar-refractivity contribution in [2.24, 2.45) is 7.05 Å². The molecule has 1 fully saturated rings. The summed E-state index contributed by atoms with van der Waals surface area (Å²) in [5.41, 5.74) is -0.448. The minimum atomic E-state index is -0.448. The van der Waals surface area contributed by atoms with Gasteiger partial charge in [0, 0.05) is 32.1 Å². The van der Waals surface area contributed by atoms with Gasteiger partial charge in [0.1, 0.15) is 17.8 Å². The lowest BCUT2D eigenvalue weighted by Gasteiger charge is -2.21. The largest absolute Gasteiger partial charge is 0.444 e. The molecule has 124 valence electrons. The number of aromatic nitrogens is 3. The van der Waals surface area contributed by atoms with Crippen LogP contribution < -0.4 is 10.6 Å². The third-order valence-electron chi connectivity index (χ3n) is 3.74. The number of nitrogens with zero attached hydrogens (tertiary/aromatic N) is 3. The van der Waals surface area contributed by atoms with Crippen LogP contribution in [0.2, 0.25) is 0 Å². The smallest absolute Gasteiger partial charge is 0.407 e. The number of carbonyl (C=O) groups excluding carboxylic acids is 1. The second kappa shape index (κ2) is 7.09. The zero-order valence-electron chi connectivity index (χ0n) is 13.9. The highest BCUT2D eigenvalue weighted by atomic mass is 16.6. The second-order valence-corrected chi connectivity index (χ2v) is 6.92. The van der Waals surface area contributed by atoms with E-state index in [1.165, 1.54) is 0 Å². The zero-order chi connectivity index (χ0) is 16.2. The molecule has 22 heavy (non-hydrogen) atoms. The fourth-order valence-electron chi connectivity index (χ4n) is 2.69. The lowest BCUT2D eigenvalue weighted by Crippen LogP contribution is -2.39. The van der Waals surface area contributed by atoms with Crippen molar-refractivity contribution >= 4 is 6.09 Å². The Morgan fingerprint density at radius 3 is 2.77 bits per heavy atom. The number of rotatable bonds is 5. The van der Waals surface area contributed by atoms with Gasteiger partial charge in [-0.05, 0) is 40.0 Å². The minimum absolute atomic E-state index is 0.196. The molecule has 1 heterocycles. The standard InChI is InChI=1S/C15H27N5O2/c1-15(2,3)22-14(21)18-12-6-5-11(9-12)16-8-7-13-19-17-10-20(13)4/h10-12,16H,5-9H2,1-4H3,(H,18,21). The highest BCUT2D eigenvalue weighted by molar-refractivity contribution is 5.68. The van der Waals surface area contributed by atoms with Crippen LogP contribution in [0.3, 0.4) is 0 Å². The van der Waals surface area contributed by atoms with Crippen molar-refractivity contribution in [1.29, 1.82) is 0 Å². The van der Waals surface area contributed by atoms with Gasteiger partial charge in [-0.15, -0.1) is 10.2 Å². The Morgan fingerprint density at radius 2 is 2.14 bits per heavy atom. The van der Waals surface area contributed by atoms with E-state index in [1.807, 2.05) is 32.4 Å². The van der Waals surface area contributed by atoms with Crippen molar-refractivity contribution in [3.05, 3.63) is 12.2 Å². The van der Waals surface area contributed by atoms with E-state index in [1.54, 1.807) is 6.33 Å². The number of hydrogen-bond acceptors (Lipinski definition) is 5. The van der Waals surface area contributed by atoms with Crippen molar-refractivity contribution < 1.29 is 9.53 Å². The maximum atomic E-state index is 11.8. The van der Waals surface area contributed by atoms with Gasteiger partial charge in [0.25, 0.3) is 0 Å². The summed E-state index contributed by atoms with van der Waals surface area (Å²) in [5.74, 6) is 0.980. The quantitative estimate of drug-likeness (QED) is 0.859. The van der Waals surface area contributed by atoms with Gasteiger partial charge in [0.05, 0.1) is 0 Å². The number of nitrogens with one attached hydrogen (secondary N) is 2. The Kier molecular flexibility index (Phi) is 5.39. The molecule has 7 nitrogen and oxygen atoms in total. The molecule has 1 saturated carbocycles. The van der Waals surface area contributed by atoms with Crippen molar-refractivity contribution in [2.45, 2.75) is 64.1 Å². The molecule has 7 heteroatoms. The van der Waals surface area contributed by atoms with Crippen molar-refractivity contribution in [3.63, 3.8) is 0 Å². The minimum Gasteiger partial charge on any atom is -0.444 e. The SMILES string of the molecule is Cn1cnnc1CCNC1CCC(NC(=O)OC(C)(C)C)C1. The molecule has 0 aromatic carbocycles. The fraction of sp³-hybridized carbons (Fsp3) is 0.800. The summed E-state index contributed by atoms with van der Waals surface area (Å²) in [4.78, 5) is 11.8. The van der Waals surface area contributed by atoms with Crippen LogP contribution in [0.4, 0.5) is 4.79 Å². The Bertz CT molecular complexity index is 494. The fourth-order valence-corrected chi connectivity index (χ4v) is 2.69. The number of amides is 1. The van der Waals surface area contributed by atoms with E-state index in [0.29, 0.717) is 6.04 Å². The summed E-state index contributed by atoms with van der Waals surface area (Å²) in [5, 5.41) is 14.4. The number of hydrogen-bond donors (Lipinski definition) is 2. The van der Waals surface area contributed by atoms with Crippen LogP contribution >= 0.6 is 0 Å². The number of carbonyl (C=O) groups is 1. The number of alkyl carbamates (subject to hydrolysis) is 1. The Labute approximate surface area is 131 Å². The van der Waals surface area contributed by atoms with Gasteiger partial charge in [0.2, 0.25) is 0 Å². The first-order valence-electron chi connectivity index (χ1n) is 7.89. The van der Waals surface area contributed by atoms with Gasteiger partial charge in [-0.25, -0.2) is 4.79 Å². The molecule has 0 radical (unpaired) electrons. The normalized spacial score (nSPS) is 21.8. The van der Waals surface area contributed by atoms with Gasteiger partial charge >= 0.3 is 6.09 Å². The van der Waals surface area contributed by atoms with Crippen LogP contribution in [0.15, 0.2) is 6.33 Å². The molecule has 1 amide bonds. The molecule has 2 rings (SSSR count). The van der Waals surface area contributed by atoms with Gasteiger partial charge in [-0.1, -0.05) is 0 Å². The summed E-state index contributed by atoms with van der Waals surface area (Å²) in [7, 11) is 1.95. The van der Waals surface area contributed by atoms with Gasteiger partial charge in [0.15, 0.2) is 0 Å². The van der Waals surface area contributed by atoms with E-state index < -0.39 is 5.60 Å². The molecule has 1 aliphatic rings. The van der Waals surface area contributed by atoms with E-state index in [0.717, 1.165) is 38.1 Å². The first-order valence-corrected chi connectivity index (χ1v) is 7.89. The molecule has 0 saturated heterocycles. The Morgan fingerprint density at radius 1 is 1.41 bits per heavy atom. The first kappa shape index (κ1) is 16.7. The Balaban J connectivity index is 1.65. The second-order valence-electron chi connectivity index (χ2n) is 6.92. The monoisotopic (exact) mass is 309 g/mol. The molecule has 2 unspecified atom stereocenters. The summed E-state index contributed by atoms with van der Waals surface area (Å²) in [6.45, 7) is 6.49. The number of ether oxygens (including phenoxy) is 1. The summed E-state index contributed by atoms with van der Waals surface area (Å²) < 4.78 is 7.22. The average Bonchev–Trinajstić information content (AvgIpc) is 2.97. The van der Waals surface area contributed by atoms with Gasteiger partial charge < -0.3 is 19.9 Å². The van der Waals surface area contributed by atoms with Crippen LogP contribution in [0.1, 0.15) is 45.9 Å². The molecule has 2 N–H and O–H groups in total. The molecule has 0 spiro atoms. The van der Waals surface area contributed by atoms with Gasteiger partial charge in [-0.2, -0.15) is 0 Å². The van der Waals surface area contributed by atoms with Crippen LogP contribution in [0.25, 0.3) is 0 Å². The van der Waals surface area contributed by atoms with Crippen LogP contribution in [0, 0.1) is 0 Å². The van der Waals surface area contributed by atoms with Crippen LogP contribution in [-0.2, 0) is 18.2 Å². The predicted octanol–water partition coefficient (Wildman–Crippen LogP) is 1.39. The van der Waals surface area contributed by atoms with Crippen molar-refractivity contribution in [3.8, 4) is 0 Å². The molecule has 1 aliphatic carbocycles. The summed E-state index contributed by atoms with van der Waals surface area (Å²) in [6, 6.07) is 0.635. The maximum absolute atomic E-state index is 11.8. The molecule has 2 atom stereocenters. The van der Waals surface area contributed by atoms with Crippen molar-refractivity contribution in [2.75, 3.05) is 6.54 Å². The topological polar surface area (TPSA) is 81.1 Å². The third kappa shape index (κ3) is 5.29. The average molecular weight is 309 g/mol. The summed E-state index contributed by atoms with van der Waals surface area (Å²) >= 11 is 0. The van der Waals surface area contributed by atoms with E-state index in [9.17, 15) is 4.79 Å². The molecular formula is C15H27N5O2.